The van der Waals surface area contributed by atoms with Gasteiger partial charge in [0.2, 0.25) is 5.91 Å². The average molecular weight is 325 g/mol. The van der Waals surface area contributed by atoms with Crippen molar-refractivity contribution in [2.75, 3.05) is 0 Å². The fourth-order valence-corrected chi connectivity index (χ4v) is 2.93. The Morgan fingerprint density at radius 3 is 2.05 bits per heavy atom. The summed E-state index contributed by atoms with van der Waals surface area (Å²) in [6, 6.07) is -2.31. The number of nitrogens with one attached hydrogen (secondary N) is 1. The lowest BCUT2D eigenvalue weighted by molar-refractivity contribution is -0.138. The van der Waals surface area contributed by atoms with Gasteiger partial charge in [0, 0.05) is 6.04 Å². The van der Waals surface area contributed by atoms with Crippen molar-refractivity contribution < 1.29 is 29.0 Å². The number of carboxylic acid groups (broad SMARTS) is 1. The van der Waals surface area contributed by atoms with Crippen molar-refractivity contribution in [1.29, 1.82) is 0 Å². The van der Waals surface area contributed by atoms with Gasteiger partial charge in [-0.2, -0.15) is 0 Å². The van der Waals surface area contributed by atoms with Crippen LogP contribution in [-0.4, -0.2) is 44.1 Å². The molecule has 0 spiro atoms. The monoisotopic (exact) mass is 325 g/mol. The first-order valence-corrected chi connectivity index (χ1v) is 8.10. The molecule has 0 radical (unpaired) electrons. The Hall–Kier alpha value is -0.990. The molecule has 0 aromatic heterocycles. The van der Waals surface area contributed by atoms with E-state index in [-0.39, 0.29) is 5.92 Å². The molecule has 8 N–H and O–H groups in total. The van der Waals surface area contributed by atoms with Crippen LogP contribution in [0.1, 0.15) is 33.6 Å². The summed E-state index contributed by atoms with van der Waals surface area (Å²) in [7, 11) is -5.04. The highest BCUT2D eigenvalue weighted by Gasteiger charge is 2.53. The first-order chi connectivity index (χ1) is 9.39. The van der Waals surface area contributed by atoms with Gasteiger partial charge in [0.15, 0.2) is 5.28 Å². The third kappa shape index (κ3) is 4.76. The van der Waals surface area contributed by atoms with Gasteiger partial charge in [0.05, 0.1) is 12.5 Å². The Balaban J connectivity index is 5.57. The van der Waals surface area contributed by atoms with E-state index < -0.39 is 43.3 Å². The second-order valence-corrected chi connectivity index (χ2v) is 7.11. The van der Waals surface area contributed by atoms with E-state index in [0.29, 0.717) is 6.42 Å². The lowest BCUT2D eigenvalue weighted by Crippen LogP contribution is -2.62. The van der Waals surface area contributed by atoms with Crippen LogP contribution < -0.4 is 16.8 Å². The molecular formula is C11H24N3O6P. The minimum Gasteiger partial charge on any atom is -0.481 e. The highest BCUT2D eigenvalue weighted by molar-refractivity contribution is 7.53. The van der Waals surface area contributed by atoms with Gasteiger partial charge in [0.1, 0.15) is 0 Å². The summed E-state index contributed by atoms with van der Waals surface area (Å²) in [5, 5.41) is 8.58. The van der Waals surface area contributed by atoms with E-state index in [0.717, 1.165) is 0 Å². The van der Waals surface area contributed by atoms with Crippen molar-refractivity contribution in [1.82, 2.24) is 5.32 Å². The molecule has 10 heteroatoms. The van der Waals surface area contributed by atoms with E-state index in [1.165, 1.54) is 6.92 Å². The van der Waals surface area contributed by atoms with Crippen LogP contribution in [0.5, 0.6) is 0 Å². The highest BCUT2D eigenvalue weighted by atomic mass is 31.2. The smallest absolute Gasteiger partial charge is 0.352 e. The zero-order valence-electron chi connectivity index (χ0n) is 12.3. The molecule has 0 aliphatic rings. The van der Waals surface area contributed by atoms with Gasteiger partial charge in [-0.3, -0.25) is 14.2 Å². The SMILES string of the molecule is CC[C@H](C)[C@H](N)C(=O)NC(CC(=O)O)(C(C)N)P(=O)(O)O. The average Bonchev–Trinajstić information content (AvgIpc) is 2.33. The zero-order valence-corrected chi connectivity index (χ0v) is 13.2. The van der Waals surface area contributed by atoms with Crippen molar-refractivity contribution in [3.8, 4) is 0 Å². The summed E-state index contributed by atoms with van der Waals surface area (Å²) in [5.41, 5.74) is 11.3. The van der Waals surface area contributed by atoms with Crippen molar-refractivity contribution >= 4 is 19.5 Å². The minimum absolute atomic E-state index is 0.239. The summed E-state index contributed by atoms with van der Waals surface area (Å²) in [5.74, 6) is -2.57. The molecule has 0 rings (SSSR count). The van der Waals surface area contributed by atoms with E-state index >= 15 is 0 Å². The van der Waals surface area contributed by atoms with Gasteiger partial charge in [-0.15, -0.1) is 0 Å². The van der Waals surface area contributed by atoms with Gasteiger partial charge < -0.3 is 31.7 Å². The maximum absolute atomic E-state index is 12.1. The topological polar surface area (TPSA) is 176 Å². The second-order valence-electron chi connectivity index (χ2n) is 5.23. The molecule has 1 amide bonds. The highest BCUT2D eigenvalue weighted by Crippen LogP contribution is 2.52. The number of amides is 1. The summed E-state index contributed by atoms with van der Waals surface area (Å²) in [6.07, 6.45) is -0.428. The molecule has 0 saturated carbocycles. The number of rotatable bonds is 8. The molecule has 0 heterocycles. The number of carbonyl (C=O) groups excluding carboxylic acids is 1. The molecule has 4 atom stereocenters. The predicted octanol–water partition coefficient (Wildman–Crippen LogP) is -0.828. The molecule has 21 heavy (non-hydrogen) atoms. The van der Waals surface area contributed by atoms with E-state index in [2.05, 4.69) is 5.32 Å². The Morgan fingerprint density at radius 1 is 1.29 bits per heavy atom. The fraction of sp³-hybridized carbons (Fsp3) is 0.818. The van der Waals surface area contributed by atoms with E-state index in [1.807, 2.05) is 0 Å². The summed E-state index contributed by atoms with van der Waals surface area (Å²) in [6.45, 7) is 4.72. The zero-order chi connectivity index (χ0) is 17.0. The van der Waals surface area contributed by atoms with E-state index in [9.17, 15) is 23.9 Å². The third-order valence-electron chi connectivity index (χ3n) is 3.59. The standard InChI is InChI=1S/C11H24N3O6P/c1-4-6(2)9(13)10(17)14-11(7(3)12,5-8(15)16)21(18,19)20/h6-7,9H,4-5,12-13H2,1-3H3,(H,14,17)(H,15,16)(H2,18,19,20)/t6-,7?,9-,11?/m0/s1. The van der Waals surface area contributed by atoms with Crippen LogP contribution >= 0.6 is 7.60 Å². The van der Waals surface area contributed by atoms with Crippen LogP contribution in [0.25, 0.3) is 0 Å². The maximum Gasteiger partial charge on any atom is 0.352 e. The Kier molecular flexibility index (Phi) is 6.98. The van der Waals surface area contributed by atoms with Crippen molar-refractivity contribution in [3.63, 3.8) is 0 Å². The number of hydrogen-bond donors (Lipinski definition) is 6. The molecule has 9 nitrogen and oxygen atoms in total. The Bertz CT molecular complexity index is 438. The normalized spacial score (nSPS) is 19.2. The van der Waals surface area contributed by atoms with Crippen LogP contribution in [-0.2, 0) is 14.2 Å². The molecule has 0 aromatic carbocycles. The Labute approximate surface area is 123 Å². The van der Waals surface area contributed by atoms with Crippen LogP contribution in [0.3, 0.4) is 0 Å². The maximum atomic E-state index is 12.1. The number of aliphatic carboxylic acids is 1. The second kappa shape index (κ2) is 7.33. The third-order valence-corrected chi connectivity index (χ3v) is 5.31. The van der Waals surface area contributed by atoms with Crippen molar-refractivity contribution in [2.24, 2.45) is 17.4 Å². The predicted molar refractivity (Wildman–Crippen MR) is 76.3 cm³/mol. The Morgan fingerprint density at radius 2 is 1.76 bits per heavy atom. The molecule has 0 aromatic rings. The molecule has 124 valence electrons. The van der Waals surface area contributed by atoms with E-state index in [1.54, 1.807) is 13.8 Å². The lowest BCUT2D eigenvalue weighted by Gasteiger charge is -2.38. The van der Waals surface area contributed by atoms with Crippen molar-refractivity contribution in [3.05, 3.63) is 0 Å². The van der Waals surface area contributed by atoms with Crippen LogP contribution in [0.2, 0.25) is 0 Å². The molecule has 0 fully saturated rings. The van der Waals surface area contributed by atoms with Gasteiger partial charge in [-0.05, 0) is 12.8 Å². The summed E-state index contributed by atoms with van der Waals surface area (Å²) >= 11 is 0. The van der Waals surface area contributed by atoms with Gasteiger partial charge in [0.25, 0.3) is 0 Å². The van der Waals surface area contributed by atoms with Crippen molar-refractivity contribution in [2.45, 2.75) is 51.0 Å². The minimum atomic E-state index is -5.04. The first kappa shape index (κ1) is 20.0. The molecule has 0 bridgehead atoms. The number of carboxylic acids is 1. The van der Waals surface area contributed by atoms with Crippen LogP contribution in [0, 0.1) is 5.92 Å². The van der Waals surface area contributed by atoms with E-state index in [4.69, 9.17) is 16.6 Å². The lowest BCUT2D eigenvalue weighted by atomic mass is 9.98. The number of hydrogen-bond acceptors (Lipinski definition) is 5. The van der Waals surface area contributed by atoms with Gasteiger partial charge in [-0.1, -0.05) is 20.3 Å². The molecular weight excluding hydrogens is 301 g/mol. The quantitative estimate of drug-likeness (QED) is 0.313. The molecule has 0 aliphatic heterocycles. The molecule has 0 aliphatic carbocycles. The fourth-order valence-electron chi connectivity index (χ4n) is 1.80. The van der Waals surface area contributed by atoms with Gasteiger partial charge >= 0.3 is 13.6 Å². The number of carbonyl (C=O) groups is 2. The first-order valence-electron chi connectivity index (χ1n) is 6.49. The summed E-state index contributed by atoms with van der Waals surface area (Å²) in [4.78, 5) is 42.0. The largest absolute Gasteiger partial charge is 0.481 e. The number of nitrogens with two attached hydrogens (primary N) is 2. The van der Waals surface area contributed by atoms with Crippen LogP contribution in [0.15, 0.2) is 0 Å². The molecule has 2 unspecified atom stereocenters. The van der Waals surface area contributed by atoms with Gasteiger partial charge in [-0.25, -0.2) is 0 Å². The van der Waals surface area contributed by atoms with Crippen LogP contribution in [0.4, 0.5) is 0 Å². The summed E-state index contributed by atoms with van der Waals surface area (Å²) < 4.78 is 11.7. The molecule has 0 saturated heterocycles.